The van der Waals surface area contributed by atoms with Crippen LogP contribution in [0.25, 0.3) is 0 Å². The number of hydrogen-bond donors (Lipinski definition) is 2. The fourth-order valence-corrected chi connectivity index (χ4v) is 2.35. The quantitative estimate of drug-likeness (QED) is 0.899. The number of nitrogens with one attached hydrogen (secondary N) is 2. The second-order valence-corrected chi connectivity index (χ2v) is 4.95. The Morgan fingerprint density at radius 3 is 2.62 bits per heavy atom. The van der Waals surface area contributed by atoms with Gasteiger partial charge < -0.3 is 15.4 Å². The largest absolute Gasteiger partial charge is 0.496 e. The maximum Gasteiger partial charge on any atom is 0.403 e. The SMILES string of the molecule is COc1ccccc1C(=O)NC1CCC(C(F)(F)F)NC1. The van der Waals surface area contributed by atoms with Crippen molar-refractivity contribution >= 4 is 5.91 Å². The standard InChI is InChI=1S/C14H17F3N2O2/c1-21-11-5-3-2-4-10(11)13(20)19-9-6-7-12(18-8-9)14(15,16)17/h2-5,9,12,18H,6-8H2,1H3,(H,19,20). The van der Waals surface area contributed by atoms with Gasteiger partial charge in [-0.3, -0.25) is 4.79 Å². The molecule has 1 aliphatic rings. The average Bonchev–Trinajstić information content (AvgIpc) is 2.46. The lowest BCUT2D eigenvalue weighted by atomic mass is 10.00. The molecule has 1 heterocycles. The topological polar surface area (TPSA) is 50.4 Å². The van der Waals surface area contributed by atoms with Crippen LogP contribution in [0.5, 0.6) is 5.75 Å². The van der Waals surface area contributed by atoms with E-state index >= 15 is 0 Å². The summed E-state index contributed by atoms with van der Waals surface area (Å²) in [7, 11) is 1.46. The van der Waals surface area contributed by atoms with Crippen molar-refractivity contribution in [2.24, 2.45) is 0 Å². The smallest absolute Gasteiger partial charge is 0.403 e. The minimum absolute atomic E-state index is 0.0413. The molecule has 1 aliphatic heterocycles. The van der Waals surface area contributed by atoms with Crippen LogP contribution in [0.4, 0.5) is 13.2 Å². The first-order valence-electron chi connectivity index (χ1n) is 6.66. The number of benzene rings is 1. The second-order valence-electron chi connectivity index (χ2n) is 4.95. The van der Waals surface area contributed by atoms with E-state index in [1.54, 1.807) is 24.3 Å². The number of carbonyl (C=O) groups is 1. The molecule has 1 aromatic rings. The van der Waals surface area contributed by atoms with Gasteiger partial charge in [0.25, 0.3) is 5.91 Å². The third-order valence-electron chi connectivity index (χ3n) is 3.50. The zero-order valence-corrected chi connectivity index (χ0v) is 11.5. The molecule has 0 radical (unpaired) electrons. The van der Waals surface area contributed by atoms with Crippen molar-refractivity contribution in [3.63, 3.8) is 0 Å². The predicted molar refractivity (Wildman–Crippen MR) is 71.3 cm³/mol. The monoisotopic (exact) mass is 302 g/mol. The molecule has 2 rings (SSSR count). The van der Waals surface area contributed by atoms with E-state index in [4.69, 9.17) is 4.74 Å². The fourth-order valence-electron chi connectivity index (χ4n) is 2.35. The van der Waals surface area contributed by atoms with Crippen LogP contribution in [-0.2, 0) is 0 Å². The molecule has 7 heteroatoms. The molecular weight excluding hydrogens is 285 g/mol. The summed E-state index contributed by atoms with van der Waals surface area (Å²) >= 11 is 0. The molecule has 0 aliphatic carbocycles. The Morgan fingerprint density at radius 2 is 2.05 bits per heavy atom. The van der Waals surface area contributed by atoms with Gasteiger partial charge in [0.15, 0.2) is 0 Å². The Kier molecular flexibility index (Phi) is 4.72. The highest BCUT2D eigenvalue weighted by Gasteiger charge is 2.41. The van der Waals surface area contributed by atoms with Crippen molar-refractivity contribution in [3.8, 4) is 5.75 Å². The molecular formula is C14H17F3N2O2. The van der Waals surface area contributed by atoms with Gasteiger partial charge in [-0.25, -0.2) is 0 Å². The van der Waals surface area contributed by atoms with Crippen molar-refractivity contribution in [1.29, 1.82) is 0 Å². The molecule has 4 nitrogen and oxygen atoms in total. The molecule has 2 unspecified atom stereocenters. The van der Waals surface area contributed by atoms with Crippen LogP contribution in [0, 0.1) is 0 Å². The lowest BCUT2D eigenvalue weighted by Crippen LogP contribution is -2.54. The summed E-state index contributed by atoms with van der Waals surface area (Å²) in [5.74, 6) is 0.0941. The highest BCUT2D eigenvalue weighted by Crippen LogP contribution is 2.26. The van der Waals surface area contributed by atoms with Crippen LogP contribution in [0.2, 0.25) is 0 Å². The third-order valence-corrected chi connectivity index (χ3v) is 3.50. The van der Waals surface area contributed by atoms with Gasteiger partial charge in [-0.1, -0.05) is 12.1 Å². The summed E-state index contributed by atoms with van der Waals surface area (Å²) in [5, 5.41) is 5.16. The van der Waals surface area contributed by atoms with E-state index in [0.717, 1.165) is 0 Å². The van der Waals surface area contributed by atoms with Gasteiger partial charge in [-0.05, 0) is 25.0 Å². The Bertz CT molecular complexity index is 497. The lowest BCUT2D eigenvalue weighted by Gasteiger charge is -2.31. The van der Waals surface area contributed by atoms with Crippen molar-refractivity contribution in [1.82, 2.24) is 10.6 Å². The summed E-state index contributed by atoms with van der Waals surface area (Å²) in [6.07, 6.45) is -3.99. The van der Waals surface area contributed by atoms with E-state index in [-0.39, 0.29) is 31.3 Å². The minimum Gasteiger partial charge on any atom is -0.496 e. The van der Waals surface area contributed by atoms with Crippen LogP contribution < -0.4 is 15.4 Å². The summed E-state index contributed by atoms with van der Waals surface area (Å²) in [5.41, 5.74) is 0.373. The average molecular weight is 302 g/mol. The van der Waals surface area contributed by atoms with Gasteiger partial charge in [0.1, 0.15) is 11.8 Å². The zero-order valence-electron chi connectivity index (χ0n) is 11.5. The number of piperidine rings is 1. The fraction of sp³-hybridized carbons (Fsp3) is 0.500. The Labute approximate surface area is 120 Å². The minimum atomic E-state index is -4.24. The van der Waals surface area contributed by atoms with E-state index in [0.29, 0.717) is 11.3 Å². The number of methoxy groups -OCH3 is 1. The van der Waals surface area contributed by atoms with Crippen molar-refractivity contribution < 1.29 is 22.7 Å². The molecule has 1 saturated heterocycles. The van der Waals surface area contributed by atoms with Crippen LogP contribution >= 0.6 is 0 Å². The van der Waals surface area contributed by atoms with E-state index in [9.17, 15) is 18.0 Å². The molecule has 1 aromatic carbocycles. The summed E-state index contributed by atoms with van der Waals surface area (Å²) in [6.45, 7) is 0.102. The Morgan fingerprint density at radius 1 is 1.33 bits per heavy atom. The summed E-state index contributed by atoms with van der Waals surface area (Å²) in [4.78, 5) is 12.1. The number of hydrogen-bond acceptors (Lipinski definition) is 3. The first-order valence-corrected chi connectivity index (χ1v) is 6.66. The highest BCUT2D eigenvalue weighted by molar-refractivity contribution is 5.97. The van der Waals surface area contributed by atoms with Gasteiger partial charge >= 0.3 is 6.18 Å². The Hall–Kier alpha value is -1.76. The number of ether oxygens (including phenoxy) is 1. The summed E-state index contributed by atoms with van der Waals surface area (Å²) in [6, 6.07) is 4.91. The van der Waals surface area contributed by atoms with Crippen molar-refractivity contribution in [3.05, 3.63) is 29.8 Å². The first-order chi connectivity index (χ1) is 9.91. The normalized spacial score (nSPS) is 22.7. The van der Waals surface area contributed by atoms with Crippen LogP contribution in [-0.4, -0.2) is 37.8 Å². The van der Waals surface area contributed by atoms with Gasteiger partial charge in [0, 0.05) is 12.6 Å². The molecule has 21 heavy (non-hydrogen) atoms. The molecule has 116 valence electrons. The highest BCUT2D eigenvalue weighted by atomic mass is 19.4. The van der Waals surface area contributed by atoms with E-state index in [2.05, 4.69) is 10.6 Å². The van der Waals surface area contributed by atoms with Gasteiger partial charge in [0.2, 0.25) is 0 Å². The second kappa shape index (κ2) is 6.34. The third kappa shape index (κ3) is 3.87. The van der Waals surface area contributed by atoms with Gasteiger partial charge in [-0.2, -0.15) is 13.2 Å². The predicted octanol–water partition coefficient (Wildman–Crippen LogP) is 2.11. The first kappa shape index (κ1) is 15.6. The lowest BCUT2D eigenvalue weighted by molar-refractivity contribution is -0.160. The molecule has 0 saturated carbocycles. The number of alkyl halides is 3. The molecule has 0 aromatic heterocycles. The van der Waals surface area contributed by atoms with Crippen molar-refractivity contribution in [2.45, 2.75) is 31.1 Å². The van der Waals surface area contributed by atoms with E-state index in [1.165, 1.54) is 7.11 Å². The number of para-hydroxylation sites is 1. The molecule has 2 atom stereocenters. The molecule has 0 spiro atoms. The summed E-state index contributed by atoms with van der Waals surface area (Å²) < 4.78 is 42.7. The molecule has 0 bridgehead atoms. The Balaban J connectivity index is 1.93. The molecule has 1 amide bonds. The number of rotatable bonds is 3. The zero-order chi connectivity index (χ0) is 15.5. The van der Waals surface area contributed by atoms with Gasteiger partial charge in [0.05, 0.1) is 12.7 Å². The van der Waals surface area contributed by atoms with Crippen LogP contribution in [0.1, 0.15) is 23.2 Å². The number of carbonyl (C=O) groups excluding carboxylic acids is 1. The number of amides is 1. The van der Waals surface area contributed by atoms with E-state index in [1.807, 2.05) is 0 Å². The van der Waals surface area contributed by atoms with E-state index < -0.39 is 12.2 Å². The van der Waals surface area contributed by atoms with Crippen LogP contribution in [0.15, 0.2) is 24.3 Å². The van der Waals surface area contributed by atoms with Crippen LogP contribution in [0.3, 0.4) is 0 Å². The van der Waals surface area contributed by atoms with Gasteiger partial charge in [-0.15, -0.1) is 0 Å². The maximum absolute atomic E-state index is 12.5. The molecule has 2 N–H and O–H groups in total. The maximum atomic E-state index is 12.5. The van der Waals surface area contributed by atoms with Crippen molar-refractivity contribution in [2.75, 3.05) is 13.7 Å². The molecule has 1 fully saturated rings. The number of halogens is 3.